The number of fused-ring (bicyclic) bond motifs is 1. The van der Waals surface area contributed by atoms with Crippen molar-refractivity contribution in [2.24, 2.45) is 5.92 Å². The number of benzene rings is 2. The summed E-state index contributed by atoms with van der Waals surface area (Å²) in [5.41, 5.74) is 1.08. The molecule has 34 heavy (non-hydrogen) atoms. The minimum atomic E-state index is -2.28. The molecule has 1 heterocycles. The summed E-state index contributed by atoms with van der Waals surface area (Å²) in [7, 11) is 1.32. The van der Waals surface area contributed by atoms with Crippen molar-refractivity contribution in [1.82, 2.24) is 4.57 Å². The van der Waals surface area contributed by atoms with Gasteiger partial charge < -0.3 is 9.29 Å². The first-order valence-corrected chi connectivity index (χ1v) is 12.4. The number of anilines is 1. The smallest absolute Gasteiger partial charge is 0.415 e. The van der Waals surface area contributed by atoms with Gasteiger partial charge in [0.25, 0.3) is 5.56 Å². The molecule has 0 spiro atoms. The van der Waals surface area contributed by atoms with Gasteiger partial charge in [-0.3, -0.25) is 18.5 Å². The molecule has 0 radical (unpaired) electrons. The van der Waals surface area contributed by atoms with Crippen LogP contribution in [0.5, 0.6) is 0 Å². The van der Waals surface area contributed by atoms with Crippen LogP contribution in [0.2, 0.25) is 0 Å². The van der Waals surface area contributed by atoms with Crippen molar-refractivity contribution in [1.29, 1.82) is 0 Å². The Balaban J connectivity index is 2.60. The maximum atomic E-state index is 13.8. The van der Waals surface area contributed by atoms with E-state index in [2.05, 4.69) is 0 Å². The fourth-order valence-electron chi connectivity index (χ4n) is 4.13. The molecule has 0 aliphatic rings. The number of aromatic nitrogens is 1. The Morgan fingerprint density at radius 1 is 1.12 bits per heavy atom. The summed E-state index contributed by atoms with van der Waals surface area (Å²) in [6.45, 7) is 10.0. The number of carbonyl (C=O) groups is 1. The lowest BCUT2D eigenvalue weighted by atomic mass is 9.95. The Hall–Kier alpha value is -2.97. The third-order valence-corrected chi connectivity index (χ3v) is 6.01. The Bertz CT molecular complexity index is 1280. The molecular formula is C26H31N2O5S-. The van der Waals surface area contributed by atoms with Crippen molar-refractivity contribution in [3.8, 4) is 11.1 Å². The second-order valence-electron chi connectivity index (χ2n) is 9.68. The number of rotatable bonds is 6. The van der Waals surface area contributed by atoms with Gasteiger partial charge >= 0.3 is 6.09 Å². The van der Waals surface area contributed by atoms with Crippen LogP contribution in [0.3, 0.4) is 0 Å². The lowest BCUT2D eigenvalue weighted by Gasteiger charge is -2.37. The number of methoxy groups -OCH3 is 1. The number of amides is 1. The van der Waals surface area contributed by atoms with Crippen molar-refractivity contribution in [2.75, 3.05) is 12.0 Å². The first-order chi connectivity index (χ1) is 16.0. The van der Waals surface area contributed by atoms with Gasteiger partial charge in [-0.1, -0.05) is 61.3 Å². The average molecular weight is 484 g/mol. The van der Waals surface area contributed by atoms with Crippen LogP contribution in [-0.2, 0) is 28.1 Å². The van der Waals surface area contributed by atoms with Crippen LogP contribution < -0.4 is 10.5 Å². The highest BCUT2D eigenvalue weighted by Gasteiger charge is 2.35. The number of pyridine rings is 1. The highest BCUT2D eigenvalue weighted by Crippen LogP contribution is 2.40. The Kier molecular flexibility index (Phi) is 7.63. The molecule has 3 aromatic rings. The summed E-state index contributed by atoms with van der Waals surface area (Å²) in [5, 5.41) is 1.05. The molecule has 1 unspecified atom stereocenters. The van der Waals surface area contributed by atoms with Crippen molar-refractivity contribution < 1.29 is 18.3 Å². The van der Waals surface area contributed by atoms with Crippen molar-refractivity contribution >= 4 is 33.8 Å². The van der Waals surface area contributed by atoms with Crippen LogP contribution in [0.1, 0.15) is 40.2 Å². The summed E-state index contributed by atoms with van der Waals surface area (Å²) in [6, 6.07) is 14.6. The molecule has 0 fully saturated rings. The van der Waals surface area contributed by atoms with E-state index in [9.17, 15) is 18.4 Å². The molecule has 0 saturated heterocycles. The van der Waals surface area contributed by atoms with E-state index >= 15 is 0 Å². The van der Waals surface area contributed by atoms with E-state index in [1.165, 1.54) is 12.0 Å². The fourth-order valence-corrected chi connectivity index (χ4v) is 4.59. The first kappa shape index (κ1) is 25.6. The van der Waals surface area contributed by atoms with Gasteiger partial charge in [-0.05, 0) is 55.3 Å². The summed E-state index contributed by atoms with van der Waals surface area (Å²) in [5.74, 6) is 0.380. The molecule has 182 valence electrons. The van der Waals surface area contributed by atoms with Crippen LogP contribution in [0.15, 0.2) is 53.3 Å². The predicted octanol–water partition coefficient (Wildman–Crippen LogP) is 5.07. The van der Waals surface area contributed by atoms with Crippen molar-refractivity contribution in [3.05, 3.63) is 64.4 Å². The van der Waals surface area contributed by atoms with Crippen LogP contribution in [0.4, 0.5) is 10.6 Å². The first-order valence-electron chi connectivity index (χ1n) is 11.1. The van der Waals surface area contributed by atoms with Crippen molar-refractivity contribution in [3.63, 3.8) is 0 Å². The topological polar surface area (TPSA) is 91.7 Å². The molecule has 1 amide bonds. The molecule has 1 atom stereocenters. The molecule has 0 saturated carbocycles. The number of ether oxygens (including phenoxy) is 1. The van der Waals surface area contributed by atoms with Gasteiger partial charge in [-0.15, -0.1) is 0 Å². The van der Waals surface area contributed by atoms with E-state index in [4.69, 9.17) is 4.74 Å². The Morgan fingerprint density at radius 3 is 2.29 bits per heavy atom. The zero-order valence-corrected chi connectivity index (χ0v) is 21.3. The van der Waals surface area contributed by atoms with Gasteiger partial charge in [0.2, 0.25) is 0 Å². The lowest BCUT2D eigenvalue weighted by molar-refractivity contribution is 0.172. The number of carbonyl (C=O) groups excluding carboxylic acids is 1. The maximum Gasteiger partial charge on any atom is 0.415 e. The number of hydrogen-bond acceptors (Lipinski definition) is 5. The Morgan fingerprint density at radius 2 is 1.76 bits per heavy atom. The van der Waals surface area contributed by atoms with Gasteiger partial charge in [0.15, 0.2) is 0 Å². The van der Waals surface area contributed by atoms with Gasteiger partial charge in [0.1, 0.15) is 5.82 Å². The monoisotopic (exact) mass is 483 g/mol. The number of hydrogen-bond donors (Lipinski definition) is 0. The molecule has 3 rings (SSSR count). The van der Waals surface area contributed by atoms with Crippen LogP contribution in [0, 0.1) is 5.92 Å². The Labute approximate surface area is 202 Å². The average Bonchev–Trinajstić information content (AvgIpc) is 2.75. The normalized spacial score (nSPS) is 12.7. The summed E-state index contributed by atoms with van der Waals surface area (Å²) in [4.78, 5) is 28.5. The summed E-state index contributed by atoms with van der Waals surface area (Å²) >= 11 is -2.28. The van der Waals surface area contributed by atoms with Gasteiger partial charge in [-0.2, -0.15) is 0 Å². The molecule has 7 nitrogen and oxygen atoms in total. The van der Waals surface area contributed by atoms with Crippen LogP contribution in [-0.4, -0.2) is 32.1 Å². The summed E-state index contributed by atoms with van der Waals surface area (Å²) in [6.07, 6.45) is -0.585. The van der Waals surface area contributed by atoms with Gasteiger partial charge in [-0.25, -0.2) is 4.79 Å². The molecular weight excluding hydrogens is 452 g/mol. The van der Waals surface area contributed by atoms with Crippen LogP contribution in [0.25, 0.3) is 21.9 Å². The number of nitrogens with zero attached hydrogens (tertiary/aromatic N) is 2. The molecule has 2 aromatic carbocycles. The quantitative estimate of drug-likeness (QED) is 0.456. The van der Waals surface area contributed by atoms with E-state index in [0.717, 1.165) is 5.56 Å². The second-order valence-corrected chi connectivity index (χ2v) is 10.6. The minimum Gasteiger partial charge on any atom is -0.772 e. The molecule has 0 N–H and O–H groups in total. The molecule has 0 aliphatic heterocycles. The standard InChI is InChI=1S/C26H32N2O5S/c1-17(2)15-27-23(28(25(30)33-6)26(3,4)5)22(19-10-8-7-9-11-19)21-14-18(16-34(31)32)12-13-20(21)24(27)29/h7-14,17H,15-16H2,1-6H3,(H,31,32)/p-1. The third kappa shape index (κ3) is 5.23. The molecule has 8 heteroatoms. The fraction of sp³-hybridized carbons (Fsp3) is 0.385. The highest BCUT2D eigenvalue weighted by atomic mass is 32.2. The zero-order valence-electron chi connectivity index (χ0n) is 20.5. The SMILES string of the molecule is COC(=O)N(c1c(-c2ccccc2)c2cc(CS(=O)[O-])ccc2c(=O)n1CC(C)C)C(C)(C)C. The van der Waals surface area contributed by atoms with E-state index in [-0.39, 0.29) is 17.2 Å². The van der Waals surface area contributed by atoms with E-state index < -0.39 is 22.7 Å². The second kappa shape index (κ2) is 10.1. The lowest BCUT2D eigenvalue weighted by Crippen LogP contribution is -2.49. The largest absolute Gasteiger partial charge is 0.772 e. The molecule has 0 bridgehead atoms. The molecule has 0 aliphatic carbocycles. The van der Waals surface area contributed by atoms with Gasteiger partial charge in [0.05, 0.1) is 7.11 Å². The minimum absolute atomic E-state index is 0.124. The summed E-state index contributed by atoms with van der Waals surface area (Å²) < 4.78 is 29.6. The zero-order chi connectivity index (χ0) is 25.2. The van der Waals surface area contributed by atoms with Gasteiger partial charge in [0, 0.05) is 28.8 Å². The predicted molar refractivity (Wildman–Crippen MR) is 136 cm³/mol. The van der Waals surface area contributed by atoms with E-state index in [1.807, 2.05) is 65.0 Å². The van der Waals surface area contributed by atoms with E-state index in [1.54, 1.807) is 22.8 Å². The van der Waals surface area contributed by atoms with Crippen molar-refractivity contribution in [2.45, 2.75) is 52.5 Å². The maximum absolute atomic E-state index is 13.8. The third-order valence-electron chi connectivity index (χ3n) is 5.44. The molecule has 1 aromatic heterocycles. The highest BCUT2D eigenvalue weighted by molar-refractivity contribution is 7.78. The van der Waals surface area contributed by atoms with Crippen LogP contribution >= 0.6 is 0 Å². The van der Waals surface area contributed by atoms with E-state index in [0.29, 0.717) is 34.3 Å².